The Morgan fingerprint density at radius 1 is 1.29 bits per heavy atom. The first-order valence-electron chi connectivity index (χ1n) is 4.83. The topological polar surface area (TPSA) is 38.3 Å². The summed E-state index contributed by atoms with van der Waals surface area (Å²) in [6.07, 6.45) is 2.07. The lowest BCUT2D eigenvalue weighted by Gasteiger charge is -2.11. The van der Waals surface area contributed by atoms with Crippen molar-refractivity contribution in [1.82, 2.24) is 5.32 Å². The van der Waals surface area contributed by atoms with E-state index in [0.29, 0.717) is 17.9 Å². The van der Waals surface area contributed by atoms with Crippen molar-refractivity contribution in [2.24, 2.45) is 0 Å². The number of hydrogen-bond donors (Lipinski definition) is 1. The van der Waals surface area contributed by atoms with Crippen molar-refractivity contribution in [3.05, 3.63) is 29.8 Å². The molecular weight excluding hydrogens is 178 g/mol. The van der Waals surface area contributed by atoms with Gasteiger partial charge in [0.05, 0.1) is 11.1 Å². The summed E-state index contributed by atoms with van der Waals surface area (Å²) in [6, 6.07) is 7.38. The van der Waals surface area contributed by atoms with Crippen LogP contribution in [0.2, 0.25) is 0 Å². The van der Waals surface area contributed by atoms with Crippen molar-refractivity contribution in [3.63, 3.8) is 0 Å². The van der Waals surface area contributed by atoms with Crippen molar-refractivity contribution in [2.45, 2.75) is 18.4 Å². The van der Waals surface area contributed by atoms with E-state index in [4.69, 9.17) is 4.74 Å². The van der Waals surface area contributed by atoms with E-state index in [-0.39, 0.29) is 11.4 Å². The number of nitrogens with one attached hydrogen (secondary N) is 1. The lowest BCUT2D eigenvalue weighted by Crippen LogP contribution is -2.38. The van der Waals surface area contributed by atoms with Gasteiger partial charge >= 0.3 is 0 Å². The molecule has 3 rings (SSSR count). The molecule has 1 aromatic carbocycles. The number of ether oxygens (including phenoxy) is 1. The van der Waals surface area contributed by atoms with Crippen LogP contribution < -0.4 is 10.1 Å². The minimum Gasteiger partial charge on any atom is -0.490 e. The Labute approximate surface area is 82.1 Å². The number of amides is 1. The zero-order valence-corrected chi connectivity index (χ0v) is 7.75. The molecule has 2 aliphatic rings. The molecule has 3 nitrogen and oxygen atoms in total. The predicted molar refractivity (Wildman–Crippen MR) is 51.4 cm³/mol. The Bertz CT molecular complexity index is 396. The highest BCUT2D eigenvalue weighted by molar-refractivity contribution is 5.98. The van der Waals surface area contributed by atoms with Gasteiger partial charge in [0, 0.05) is 0 Å². The van der Waals surface area contributed by atoms with Crippen LogP contribution in [0.15, 0.2) is 24.3 Å². The maximum atomic E-state index is 11.8. The van der Waals surface area contributed by atoms with Gasteiger partial charge in [-0.1, -0.05) is 12.1 Å². The highest BCUT2D eigenvalue weighted by atomic mass is 16.5. The van der Waals surface area contributed by atoms with E-state index in [2.05, 4.69) is 5.32 Å². The molecule has 1 heterocycles. The second-order valence-electron chi connectivity index (χ2n) is 4.02. The molecule has 0 atom stereocenters. The molecule has 1 aromatic rings. The second-order valence-corrected chi connectivity index (χ2v) is 4.02. The van der Waals surface area contributed by atoms with Crippen molar-refractivity contribution < 1.29 is 9.53 Å². The third kappa shape index (κ3) is 1.09. The molecule has 0 saturated heterocycles. The van der Waals surface area contributed by atoms with E-state index in [1.54, 1.807) is 6.07 Å². The number of benzene rings is 1. The summed E-state index contributed by atoms with van der Waals surface area (Å²) in [6.45, 7) is 0.607. The normalized spacial score (nSPS) is 21.9. The van der Waals surface area contributed by atoms with E-state index in [9.17, 15) is 4.79 Å². The molecule has 1 fully saturated rings. The van der Waals surface area contributed by atoms with Crippen LogP contribution in [0.1, 0.15) is 23.2 Å². The van der Waals surface area contributed by atoms with E-state index < -0.39 is 0 Å². The van der Waals surface area contributed by atoms with Gasteiger partial charge in [0.1, 0.15) is 12.4 Å². The predicted octanol–water partition coefficient (Wildman–Crippen LogP) is 1.34. The average Bonchev–Trinajstić information content (AvgIpc) is 2.97. The summed E-state index contributed by atoms with van der Waals surface area (Å²) in [5.41, 5.74) is 0.590. The van der Waals surface area contributed by atoms with E-state index in [1.807, 2.05) is 18.2 Å². The number of para-hydroxylation sites is 1. The zero-order valence-electron chi connectivity index (χ0n) is 7.75. The molecular formula is C11H11NO2. The quantitative estimate of drug-likeness (QED) is 0.668. The molecule has 0 aromatic heterocycles. The van der Waals surface area contributed by atoms with Gasteiger partial charge in [-0.25, -0.2) is 0 Å². The van der Waals surface area contributed by atoms with Crippen LogP contribution in [0.4, 0.5) is 0 Å². The monoisotopic (exact) mass is 189 g/mol. The smallest absolute Gasteiger partial charge is 0.255 e. The van der Waals surface area contributed by atoms with Gasteiger partial charge < -0.3 is 10.1 Å². The van der Waals surface area contributed by atoms with Gasteiger partial charge in [-0.2, -0.15) is 0 Å². The molecule has 0 radical (unpaired) electrons. The van der Waals surface area contributed by atoms with Crippen LogP contribution in [0, 0.1) is 0 Å². The Balaban J connectivity index is 2.02. The standard InChI is InChI=1S/C11H11NO2/c13-10-8-3-1-2-4-9(8)14-7-11(12-10)5-6-11/h1-4H,5-7H2,(H,12,13). The van der Waals surface area contributed by atoms with Crippen LogP contribution in [-0.2, 0) is 0 Å². The molecule has 1 aliphatic carbocycles. The van der Waals surface area contributed by atoms with Gasteiger partial charge in [-0.15, -0.1) is 0 Å². The summed E-state index contributed by atoms with van der Waals surface area (Å²) >= 11 is 0. The molecule has 14 heavy (non-hydrogen) atoms. The first kappa shape index (κ1) is 7.85. The summed E-state index contributed by atoms with van der Waals surface area (Å²) < 4.78 is 5.61. The van der Waals surface area contributed by atoms with Crippen LogP contribution in [-0.4, -0.2) is 18.1 Å². The van der Waals surface area contributed by atoms with Crippen LogP contribution in [0.5, 0.6) is 5.75 Å². The Morgan fingerprint density at radius 3 is 2.86 bits per heavy atom. The van der Waals surface area contributed by atoms with E-state index in [0.717, 1.165) is 12.8 Å². The molecule has 1 aliphatic heterocycles. The number of fused-ring (bicyclic) bond motifs is 1. The van der Waals surface area contributed by atoms with Crippen molar-refractivity contribution in [2.75, 3.05) is 6.61 Å². The van der Waals surface area contributed by atoms with Gasteiger partial charge in [0.2, 0.25) is 0 Å². The molecule has 72 valence electrons. The van der Waals surface area contributed by atoms with Gasteiger partial charge in [-0.05, 0) is 25.0 Å². The van der Waals surface area contributed by atoms with Crippen LogP contribution >= 0.6 is 0 Å². The first-order chi connectivity index (χ1) is 6.79. The Hall–Kier alpha value is -1.51. The molecule has 0 bridgehead atoms. The van der Waals surface area contributed by atoms with Crippen molar-refractivity contribution in [1.29, 1.82) is 0 Å². The first-order valence-corrected chi connectivity index (χ1v) is 4.83. The van der Waals surface area contributed by atoms with E-state index in [1.165, 1.54) is 0 Å². The van der Waals surface area contributed by atoms with Crippen LogP contribution in [0.25, 0.3) is 0 Å². The van der Waals surface area contributed by atoms with Gasteiger partial charge in [0.25, 0.3) is 5.91 Å². The van der Waals surface area contributed by atoms with Gasteiger partial charge in [-0.3, -0.25) is 4.79 Å². The van der Waals surface area contributed by atoms with E-state index >= 15 is 0 Å². The molecule has 1 spiro atoms. The summed E-state index contributed by atoms with van der Waals surface area (Å²) in [7, 11) is 0. The fraction of sp³-hybridized carbons (Fsp3) is 0.364. The third-order valence-corrected chi connectivity index (χ3v) is 2.87. The molecule has 1 saturated carbocycles. The highest BCUT2D eigenvalue weighted by Crippen LogP contribution is 2.38. The Morgan fingerprint density at radius 2 is 2.07 bits per heavy atom. The van der Waals surface area contributed by atoms with Crippen LogP contribution in [0.3, 0.4) is 0 Å². The third-order valence-electron chi connectivity index (χ3n) is 2.87. The number of hydrogen-bond acceptors (Lipinski definition) is 2. The number of carbonyl (C=O) groups excluding carboxylic acids is 1. The lowest BCUT2D eigenvalue weighted by atomic mass is 10.2. The minimum atomic E-state index is -0.0594. The van der Waals surface area contributed by atoms with Crippen molar-refractivity contribution >= 4 is 5.91 Å². The molecule has 3 heteroatoms. The fourth-order valence-corrected chi connectivity index (χ4v) is 1.76. The number of rotatable bonds is 0. The summed E-state index contributed by atoms with van der Waals surface area (Å²) in [4.78, 5) is 11.8. The van der Waals surface area contributed by atoms with Gasteiger partial charge in [0.15, 0.2) is 0 Å². The summed E-state index contributed by atoms with van der Waals surface area (Å²) in [5, 5.41) is 3.02. The molecule has 0 unspecified atom stereocenters. The summed E-state index contributed by atoms with van der Waals surface area (Å²) in [5.74, 6) is 0.698. The van der Waals surface area contributed by atoms with Crippen molar-refractivity contribution in [3.8, 4) is 5.75 Å². The maximum absolute atomic E-state index is 11.8. The minimum absolute atomic E-state index is 0.00407. The largest absolute Gasteiger partial charge is 0.490 e. The Kier molecular flexibility index (Phi) is 1.40. The average molecular weight is 189 g/mol. The maximum Gasteiger partial charge on any atom is 0.255 e. The number of carbonyl (C=O) groups is 1. The fourth-order valence-electron chi connectivity index (χ4n) is 1.76. The molecule has 1 N–H and O–H groups in total. The highest BCUT2D eigenvalue weighted by Gasteiger charge is 2.46. The SMILES string of the molecule is O=C1NC2(CC2)COc2ccccc21. The second kappa shape index (κ2) is 2.50. The zero-order chi connectivity index (χ0) is 9.60. The molecule has 1 amide bonds. The lowest BCUT2D eigenvalue weighted by molar-refractivity contribution is 0.0932.